The zero-order chi connectivity index (χ0) is 22.3. The molecule has 2 N–H and O–H groups in total. The Morgan fingerprint density at radius 1 is 1.09 bits per heavy atom. The van der Waals surface area contributed by atoms with E-state index in [-0.39, 0.29) is 16.8 Å². The largest absolute Gasteiger partial charge is 0.343 e. The number of ketones is 1. The van der Waals surface area contributed by atoms with E-state index in [0.717, 1.165) is 23.2 Å². The first kappa shape index (κ1) is 20.7. The van der Waals surface area contributed by atoms with Crippen LogP contribution in [0.4, 0.5) is 5.82 Å². The third-order valence-corrected chi connectivity index (χ3v) is 6.88. The number of anilines is 1. The van der Waals surface area contributed by atoms with Gasteiger partial charge in [0.15, 0.2) is 10.9 Å². The molecular weight excluding hydrogens is 420 g/mol. The first-order valence-electron chi connectivity index (χ1n) is 10.7. The first-order chi connectivity index (χ1) is 15.4. The molecule has 1 aliphatic carbocycles. The van der Waals surface area contributed by atoms with E-state index in [4.69, 9.17) is 4.98 Å². The number of hydrogen-bond acceptors (Lipinski definition) is 6. The second-order valence-corrected chi connectivity index (χ2v) is 10.0. The molecule has 6 nitrogen and oxygen atoms in total. The van der Waals surface area contributed by atoms with Crippen LogP contribution < -0.4 is 10.9 Å². The number of Topliss-reactive ketones (excluding diaryl/α,β-unsaturated/α-hetero) is 1. The normalized spacial score (nSPS) is 19.2. The zero-order valence-electron chi connectivity index (χ0n) is 18.0. The molecule has 1 atom stereocenters. The maximum Gasteiger partial charge on any atom is 0.257 e. The van der Waals surface area contributed by atoms with Crippen molar-refractivity contribution in [1.82, 2.24) is 15.0 Å². The van der Waals surface area contributed by atoms with Gasteiger partial charge in [0.2, 0.25) is 0 Å². The first-order valence-corrected chi connectivity index (χ1v) is 11.6. The lowest BCUT2D eigenvalue weighted by Crippen LogP contribution is -2.37. The van der Waals surface area contributed by atoms with E-state index < -0.39 is 5.92 Å². The number of nitrogens with one attached hydrogen (secondary N) is 2. The lowest BCUT2D eigenvalue weighted by molar-refractivity contribution is -0.118. The monoisotopic (exact) mass is 444 g/mol. The van der Waals surface area contributed by atoms with Crippen LogP contribution in [-0.4, -0.2) is 20.7 Å². The Morgan fingerprint density at radius 3 is 2.66 bits per heavy atom. The molecule has 0 saturated carbocycles. The van der Waals surface area contributed by atoms with Crippen LogP contribution in [0.15, 0.2) is 76.1 Å². The number of allylic oxidation sites excluding steroid dienone is 2. The van der Waals surface area contributed by atoms with Crippen LogP contribution >= 0.6 is 11.8 Å². The van der Waals surface area contributed by atoms with Gasteiger partial charge in [-0.15, -0.1) is 0 Å². The average molecular weight is 445 g/mol. The third-order valence-electron chi connectivity index (χ3n) is 5.94. The van der Waals surface area contributed by atoms with Crippen LogP contribution in [0.1, 0.15) is 49.3 Å². The number of thioether (sulfide) groups is 1. The number of aromatic amines is 1. The molecule has 2 aliphatic rings. The average Bonchev–Trinajstić information content (AvgIpc) is 2.77. The van der Waals surface area contributed by atoms with Crippen molar-refractivity contribution < 1.29 is 4.79 Å². The molecule has 0 spiro atoms. The highest BCUT2D eigenvalue weighted by Gasteiger charge is 2.42. The molecule has 3 heterocycles. The summed E-state index contributed by atoms with van der Waals surface area (Å²) in [6.45, 7) is 4.19. The maximum absolute atomic E-state index is 13.3. The number of carbonyl (C=O) groups excluding carboxylic acids is 1. The smallest absolute Gasteiger partial charge is 0.257 e. The number of benzene rings is 1. The van der Waals surface area contributed by atoms with Crippen molar-refractivity contribution in [1.29, 1.82) is 0 Å². The summed E-state index contributed by atoms with van der Waals surface area (Å²) in [7, 11) is 0. The van der Waals surface area contributed by atoms with Gasteiger partial charge in [0.25, 0.3) is 5.56 Å². The van der Waals surface area contributed by atoms with E-state index in [1.54, 1.807) is 12.4 Å². The summed E-state index contributed by atoms with van der Waals surface area (Å²) in [5.74, 6) is 0.837. The molecule has 3 aromatic rings. The van der Waals surface area contributed by atoms with Crippen LogP contribution in [0.3, 0.4) is 0 Å². The van der Waals surface area contributed by atoms with Gasteiger partial charge in [-0.1, -0.05) is 62.0 Å². The summed E-state index contributed by atoms with van der Waals surface area (Å²) in [5.41, 5.74) is 3.62. The fraction of sp³-hybridized carbons (Fsp3) is 0.280. The van der Waals surface area contributed by atoms with E-state index in [1.165, 1.54) is 11.8 Å². The molecule has 32 heavy (non-hydrogen) atoms. The van der Waals surface area contributed by atoms with Crippen LogP contribution in [0.5, 0.6) is 0 Å². The summed E-state index contributed by atoms with van der Waals surface area (Å²) in [5, 5.41) is 3.91. The van der Waals surface area contributed by atoms with Crippen LogP contribution in [-0.2, 0) is 10.5 Å². The highest BCUT2D eigenvalue weighted by molar-refractivity contribution is 7.98. The second kappa shape index (κ2) is 8.06. The van der Waals surface area contributed by atoms with E-state index in [0.29, 0.717) is 34.3 Å². The number of aromatic nitrogens is 3. The third kappa shape index (κ3) is 3.88. The van der Waals surface area contributed by atoms with Crippen LogP contribution in [0.25, 0.3) is 0 Å². The number of hydrogen-bond donors (Lipinski definition) is 2. The molecule has 0 unspecified atom stereocenters. The molecule has 0 bridgehead atoms. The molecule has 2 aromatic heterocycles. The Balaban J connectivity index is 1.59. The highest BCUT2D eigenvalue weighted by Crippen LogP contribution is 2.47. The molecule has 5 rings (SSSR count). The minimum Gasteiger partial charge on any atom is -0.343 e. The fourth-order valence-electron chi connectivity index (χ4n) is 4.57. The van der Waals surface area contributed by atoms with Crippen molar-refractivity contribution in [2.45, 2.75) is 43.5 Å². The van der Waals surface area contributed by atoms with Gasteiger partial charge in [-0.3, -0.25) is 14.6 Å². The van der Waals surface area contributed by atoms with Crippen molar-refractivity contribution in [2.75, 3.05) is 5.32 Å². The standard InChI is InChI=1S/C25H24N4O2S/c1-25(2)11-17-20(18(30)12-25)19(16-9-6-10-26-13-16)21-22(27-17)28-24(29-23(21)31)32-14-15-7-4-3-5-8-15/h3-10,13,19H,11-12,14H2,1-2H3,(H2,27,28,29,31)/t19-/m0/s1. The molecule has 7 heteroatoms. The van der Waals surface area contributed by atoms with Crippen molar-refractivity contribution >= 4 is 23.4 Å². The number of pyridine rings is 1. The molecule has 1 aliphatic heterocycles. The Bertz CT molecular complexity index is 1270. The van der Waals surface area contributed by atoms with E-state index in [1.807, 2.05) is 42.5 Å². The Hall–Kier alpha value is -3.19. The second-order valence-electron chi connectivity index (χ2n) is 9.09. The fourth-order valence-corrected chi connectivity index (χ4v) is 5.38. The summed E-state index contributed by atoms with van der Waals surface area (Å²) in [6, 6.07) is 13.8. The van der Waals surface area contributed by atoms with Crippen LogP contribution in [0, 0.1) is 5.41 Å². The van der Waals surface area contributed by atoms with Gasteiger partial charge in [0.1, 0.15) is 5.82 Å². The van der Waals surface area contributed by atoms with Crippen molar-refractivity contribution in [3.63, 3.8) is 0 Å². The van der Waals surface area contributed by atoms with Gasteiger partial charge in [0, 0.05) is 41.8 Å². The van der Waals surface area contributed by atoms with Gasteiger partial charge < -0.3 is 10.3 Å². The van der Waals surface area contributed by atoms with E-state index >= 15 is 0 Å². The maximum atomic E-state index is 13.3. The van der Waals surface area contributed by atoms with Crippen molar-refractivity contribution in [2.24, 2.45) is 5.41 Å². The minimum absolute atomic E-state index is 0.0742. The molecule has 1 aromatic carbocycles. The summed E-state index contributed by atoms with van der Waals surface area (Å²) < 4.78 is 0. The number of rotatable bonds is 4. The number of H-pyrrole nitrogens is 1. The number of fused-ring (bicyclic) bond motifs is 1. The molecule has 0 radical (unpaired) electrons. The van der Waals surface area contributed by atoms with Crippen molar-refractivity contribution in [3.05, 3.63) is 93.2 Å². The van der Waals surface area contributed by atoms with Gasteiger partial charge in [-0.2, -0.15) is 0 Å². The predicted molar refractivity (Wildman–Crippen MR) is 126 cm³/mol. The van der Waals surface area contributed by atoms with Crippen molar-refractivity contribution in [3.8, 4) is 0 Å². The minimum atomic E-state index is -0.469. The molecule has 0 fully saturated rings. The zero-order valence-corrected chi connectivity index (χ0v) is 18.8. The van der Waals surface area contributed by atoms with Gasteiger partial charge in [-0.25, -0.2) is 4.98 Å². The van der Waals surface area contributed by atoms with Crippen LogP contribution in [0.2, 0.25) is 0 Å². The lowest BCUT2D eigenvalue weighted by Gasteiger charge is -2.38. The molecule has 162 valence electrons. The summed E-state index contributed by atoms with van der Waals surface area (Å²) in [6.07, 6.45) is 4.61. The summed E-state index contributed by atoms with van der Waals surface area (Å²) >= 11 is 1.49. The topological polar surface area (TPSA) is 87.7 Å². The Kier molecular flexibility index (Phi) is 5.21. The van der Waals surface area contributed by atoms with E-state index in [9.17, 15) is 9.59 Å². The molecule has 0 saturated heterocycles. The Labute approximate surface area is 190 Å². The van der Waals surface area contributed by atoms with Gasteiger partial charge >= 0.3 is 0 Å². The predicted octanol–water partition coefficient (Wildman–Crippen LogP) is 4.66. The van der Waals surface area contributed by atoms with Gasteiger partial charge in [0.05, 0.1) is 5.56 Å². The molecule has 0 amide bonds. The number of carbonyl (C=O) groups is 1. The summed E-state index contributed by atoms with van der Waals surface area (Å²) in [4.78, 5) is 38.4. The quantitative estimate of drug-likeness (QED) is 0.450. The Morgan fingerprint density at radius 2 is 1.91 bits per heavy atom. The lowest BCUT2D eigenvalue weighted by atomic mass is 9.69. The molecular formula is C25H24N4O2S. The highest BCUT2D eigenvalue weighted by atomic mass is 32.2. The SMILES string of the molecule is CC1(C)CC(=O)C2=C(C1)Nc1nc(SCc3ccccc3)[nH]c(=O)c1[C@H]2c1cccnc1. The van der Waals surface area contributed by atoms with E-state index in [2.05, 4.69) is 29.1 Å². The number of nitrogens with zero attached hydrogens (tertiary/aromatic N) is 2. The van der Waals surface area contributed by atoms with Gasteiger partial charge in [-0.05, 0) is 29.0 Å².